The normalized spacial score (nSPS) is 10.9. The summed E-state index contributed by atoms with van der Waals surface area (Å²) in [7, 11) is 0. The summed E-state index contributed by atoms with van der Waals surface area (Å²) >= 11 is 0. The van der Waals surface area contributed by atoms with Crippen LogP contribution in [0.4, 0.5) is 0 Å². The van der Waals surface area contributed by atoms with Crippen molar-refractivity contribution in [2.24, 2.45) is 0 Å². The van der Waals surface area contributed by atoms with E-state index >= 15 is 0 Å². The molecule has 27 heavy (non-hydrogen) atoms. The zero-order valence-corrected chi connectivity index (χ0v) is 15.0. The Kier molecular flexibility index (Phi) is 4.61. The van der Waals surface area contributed by atoms with Crippen LogP contribution in [0.5, 0.6) is 0 Å². The maximum absolute atomic E-state index is 12.9. The maximum Gasteiger partial charge on any atom is 0.252 e. The highest BCUT2D eigenvalue weighted by atomic mass is 16.1. The standard InChI is InChI=1S/C21H19N5O/c1-15-4-5-19-17(11-15)18(12-20(25-19)16-3-2-6-22-13-16)21(27)24-8-10-26-9-7-23-14-26/h2-7,9,11-14H,8,10H2,1H3,(H,24,27). The lowest BCUT2D eigenvalue weighted by molar-refractivity contribution is 0.0954. The molecule has 1 aromatic carbocycles. The van der Waals surface area contributed by atoms with E-state index in [9.17, 15) is 4.79 Å². The monoisotopic (exact) mass is 357 g/mol. The van der Waals surface area contributed by atoms with Gasteiger partial charge in [-0.3, -0.25) is 9.78 Å². The van der Waals surface area contributed by atoms with Crippen molar-refractivity contribution in [3.05, 3.63) is 78.6 Å². The Hall–Kier alpha value is -3.54. The third kappa shape index (κ3) is 3.69. The Morgan fingerprint density at radius 3 is 2.85 bits per heavy atom. The Morgan fingerprint density at radius 2 is 2.07 bits per heavy atom. The number of pyridine rings is 2. The van der Waals surface area contributed by atoms with Crippen LogP contribution in [0.3, 0.4) is 0 Å². The number of carbonyl (C=O) groups excluding carboxylic acids is 1. The van der Waals surface area contributed by atoms with E-state index in [2.05, 4.69) is 15.3 Å². The maximum atomic E-state index is 12.9. The van der Waals surface area contributed by atoms with Crippen LogP contribution in [0.1, 0.15) is 15.9 Å². The molecule has 0 fully saturated rings. The number of nitrogens with one attached hydrogen (secondary N) is 1. The molecule has 0 spiro atoms. The highest BCUT2D eigenvalue weighted by Gasteiger charge is 2.14. The van der Waals surface area contributed by atoms with Crippen molar-refractivity contribution in [2.45, 2.75) is 13.5 Å². The van der Waals surface area contributed by atoms with Gasteiger partial charge in [0.2, 0.25) is 0 Å². The number of nitrogens with zero attached hydrogens (tertiary/aromatic N) is 4. The largest absolute Gasteiger partial charge is 0.350 e. The molecule has 4 rings (SSSR count). The summed E-state index contributed by atoms with van der Waals surface area (Å²) in [6.45, 7) is 3.20. The predicted molar refractivity (Wildman–Crippen MR) is 104 cm³/mol. The topological polar surface area (TPSA) is 72.7 Å². The molecular formula is C21H19N5O. The third-order valence-corrected chi connectivity index (χ3v) is 4.38. The van der Waals surface area contributed by atoms with Crippen LogP contribution < -0.4 is 5.32 Å². The fourth-order valence-corrected chi connectivity index (χ4v) is 3.00. The second-order valence-corrected chi connectivity index (χ2v) is 6.37. The Labute approximate surface area is 156 Å². The second kappa shape index (κ2) is 7.37. The molecule has 134 valence electrons. The lowest BCUT2D eigenvalue weighted by Crippen LogP contribution is -2.27. The molecule has 0 aliphatic rings. The van der Waals surface area contributed by atoms with Crippen LogP contribution in [-0.2, 0) is 6.54 Å². The van der Waals surface area contributed by atoms with Crippen LogP contribution in [-0.4, -0.2) is 32.0 Å². The molecule has 1 N–H and O–H groups in total. The molecule has 1 amide bonds. The summed E-state index contributed by atoms with van der Waals surface area (Å²) < 4.78 is 1.93. The number of fused-ring (bicyclic) bond motifs is 1. The molecule has 6 nitrogen and oxygen atoms in total. The average Bonchev–Trinajstić information content (AvgIpc) is 3.21. The number of aryl methyl sites for hydroxylation is 1. The first kappa shape index (κ1) is 16.9. The van der Waals surface area contributed by atoms with Crippen LogP contribution >= 0.6 is 0 Å². The molecule has 0 radical (unpaired) electrons. The molecule has 3 heterocycles. The summed E-state index contributed by atoms with van der Waals surface area (Å²) in [5.74, 6) is -0.113. The van der Waals surface area contributed by atoms with Crippen LogP contribution in [0.25, 0.3) is 22.2 Å². The van der Waals surface area contributed by atoms with Gasteiger partial charge in [-0.1, -0.05) is 11.6 Å². The van der Waals surface area contributed by atoms with Gasteiger partial charge in [-0.15, -0.1) is 0 Å². The van der Waals surface area contributed by atoms with Crippen molar-refractivity contribution in [3.63, 3.8) is 0 Å². The van der Waals surface area contributed by atoms with E-state index < -0.39 is 0 Å². The number of amides is 1. The highest BCUT2D eigenvalue weighted by Crippen LogP contribution is 2.25. The minimum Gasteiger partial charge on any atom is -0.350 e. The minimum absolute atomic E-state index is 0.113. The van der Waals surface area contributed by atoms with Gasteiger partial charge in [0.05, 0.1) is 23.1 Å². The fourth-order valence-electron chi connectivity index (χ4n) is 3.00. The lowest BCUT2D eigenvalue weighted by Gasteiger charge is -2.11. The van der Waals surface area contributed by atoms with Gasteiger partial charge in [0.15, 0.2) is 0 Å². The van der Waals surface area contributed by atoms with Gasteiger partial charge < -0.3 is 9.88 Å². The zero-order valence-electron chi connectivity index (χ0n) is 15.0. The van der Waals surface area contributed by atoms with Gasteiger partial charge >= 0.3 is 0 Å². The van der Waals surface area contributed by atoms with E-state index in [1.54, 1.807) is 24.9 Å². The van der Waals surface area contributed by atoms with E-state index in [1.807, 2.05) is 54.1 Å². The van der Waals surface area contributed by atoms with Crippen LogP contribution in [0.15, 0.2) is 67.5 Å². The number of hydrogen-bond donors (Lipinski definition) is 1. The van der Waals surface area contributed by atoms with Crippen LogP contribution in [0, 0.1) is 6.92 Å². The van der Waals surface area contributed by atoms with E-state index in [4.69, 9.17) is 4.98 Å². The average molecular weight is 357 g/mol. The van der Waals surface area contributed by atoms with Crippen molar-refractivity contribution >= 4 is 16.8 Å². The van der Waals surface area contributed by atoms with Crippen molar-refractivity contribution < 1.29 is 4.79 Å². The molecule has 4 aromatic rings. The van der Waals surface area contributed by atoms with Crippen molar-refractivity contribution in [2.75, 3.05) is 6.54 Å². The summed E-state index contributed by atoms with van der Waals surface area (Å²) in [4.78, 5) is 25.8. The predicted octanol–water partition coefficient (Wildman–Crippen LogP) is 3.23. The Bertz CT molecular complexity index is 1070. The molecule has 0 aliphatic heterocycles. The second-order valence-electron chi connectivity index (χ2n) is 6.37. The molecule has 0 saturated carbocycles. The summed E-state index contributed by atoms with van der Waals surface area (Å²) in [5.41, 5.74) is 4.12. The van der Waals surface area contributed by atoms with Gasteiger partial charge in [-0.25, -0.2) is 9.97 Å². The molecule has 0 aliphatic carbocycles. The Morgan fingerprint density at radius 1 is 1.15 bits per heavy atom. The number of carbonyl (C=O) groups is 1. The fraction of sp³-hybridized carbons (Fsp3) is 0.143. The summed E-state index contributed by atoms with van der Waals surface area (Å²) in [5, 5.41) is 3.85. The zero-order chi connectivity index (χ0) is 18.6. The first-order valence-corrected chi connectivity index (χ1v) is 8.76. The van der Waals surface area contributed by atoms with Gasteiger partial charge in [0, 0.05) is 48.8 Å². The summed E-state index contributed by atoms with van der Waals surface area (Å²) in [6, 6.07) is 11.6. The molecule has 0 unspecified atom stereocenters. The first-order chi connectivity index (χ1) is 13.2. The van der Waals surface area contributed by atoms with Gasteiger partial charge in [-0.05, 0) is 37.3 Å². The van der Waals surface area contributed by atoms with Gasteiger partial charge in [0.1, 0.15) is 0 Å². The smallest absolute Gasteiger partial charge is 0.252 e. The first-order valence-electron chi connectivity index (χ1n) is 8.76. The van der Waals surface area contributed by atoms with E-state index in [-0.39, 0.29) is 5.91 Å². The van der Waals surface area contributed by atoms with Crippen molar-refractivity contribution in [3.8, 4) is 11.3 Å². The van der Waals surface area contributed by atoms with Crippen molar-refractivity contribution in [1.29, 1.82) is 0 Å². The molecule has 3 aromatic heterocycles. The molecule has 0 bridgehead atoms. The number of hydrogen-bond acceptors (Lipinski definition) is 4. The molecule has 0 atom stereocenters. The minimum atomic E-state index is -0.113. The highest BCUT2D eigenvalue weighted by molar-refractivity contribution is 6.07. The van der Waals surface area contributed by atoms with Gasteiger partial charge in [0.25, 0.3) is 5.91 Å². The van der Waals surface area contributed by atoms with E-state index in [0.29, 0.717) is 18.7 Å². The SMILES string of the molecule is Cc1ccc2nc(-c3cccnc3)cc(C(=O)NCCn3ccnc3)c2c1. The quantitative estimate of drug-likeness (QED) is 0.595. The van der Waals surface area contributed by atoms with Crippen LogP contribution in [0.2, 0.25) is 0 Å². The summed E-state index contributed by atoms with van der Waals surface area (Å²) in [6.07, 6.45) is 8.80. The Balaban J connectivity index is 1.68. The van der Waals surface area contributed by atoms with Crippen molar-refractivity contribution in [1.82, 2.24) is 24.8 Å². The third-order valence-electron chi connectivity index (χ3n) is 4.38. The molecule has 6 heteroatoms. The van der Waals surface area contributed by atoms with E-state index in [0.717, 1.165) is 27.7 Å². The number of rotatable bonds is 5. The van der Waals surface area contributed by atoms with Gasteiger partial charge in [-0.2, -0.15) is 0 Å². The lowest BCUT2D eigenvalue weighted by atomic mass is 10.0. The van der Waals surface area contributed by atoms with E-state index in [1.165, 1.54) is 0 Å². The number of aromatic nitrogens is 4. The molecule has 0 saturated heterocycles. The number of imidazole rings is 1. The number of benzene rings is 1. The molecular weight excluding hydrogens is 338 g/mol.